The van der Waals surface area contributed by atoms with E-state index in [1.54, 1.807) is 41.7 Å². The molecule has 4 aromatic rings. The van der Waals surface area contributed by atoms with Crippen LogP contribution in [0.3, 0.4) is 0 Å². The molecule has 2 saturated heterocycles. The van der Waals surface area contributed by atoms with Gasteiger partial charge in [0.15, 0.2) is 0 Å². The molecule has 0 atom stereocenters. The average molecular weight is 853 g/mol. The lowest BCUT2D eigenvalue weighted by Crippen LogP contribution is -2.61. The van der Waals surface area contributed by atoms with Crippen molar-refractivity contribution in [2.45, 2.75) is 64.2 Å². The quantitative estimate of drug-likeness (QED) is 0.0678. The number of carbonyl (C=O) groups is 1. The molecular weight excluding hydrogens is 797 g/mol. The minimum atomic E-state index is -4.54. The fraction of sp³-hybridized carbons (Fsp3) is 0.511. The summed E-state index contributed by atoms with van der Waals surface area (Å²) >= 11 is 0. The first-order chi connectivity index (χ1) is 29.2. The molecule has 324 valence electrons. The molecule has 10 rings (SSSR count). The number of ether oxygens (including phenoxy) is 2. The van der Waals surface area contributed by atoms with Crippen LogP contribution in [0.1, 0.15) is 69.7 Å². The topological polar surface area (TPSA) is 175 Å². The Morgan fingerprint density at radius 3 is 2.49 bits per heavy atom. The second kappa shape index (κ2) is 16.0. The van der Waals surface area contributed by atoms with Gasteiger partial charge in [0.2, 0.25) is 0 Å². The minimum absolute atomic E-state index is 0.0156. The number of fused-ring (bicyclic) bond motifs is 1. The maximum atomic E-state index is 13.9. The number of anilines is 2. The van der Waals surface area contributed by atoms with Crippen molar-refractivity contribution in [2.75, 3.05) is 82.3 Å². The number of nitrogens with zero attached hydrogens (tertiary/aromatic N) is 5. The van der Waals surface area contributed by atoms with Gasteiger partial charge >= 0.3 is 0 Å². The minimum Gasteiger partial charge on any atom is -0.455 e. The summed E-state index contributed by atoms with van der Waals surface area (Å²) in [5.74, 6) is -0.410. The lowest BCUT2D eigenvalue weighted by Gasteiger charge is -2.72. The van der Waals surface area contributed by atoms with Crippen LogP contribution in [0.25, 0.3) is 11.0 Å². The summed E-state index contributed by atoms with van der Waals surface area (Å²) in [5.41, 5.74) is 6.10. The summed E-state index contributed by atoms with van der Waals surface area (Å²) in [6.07, 6.45) is 11.0. The third-order valence-corrected chi connectivity index (χ3v) is 15.0. The fourth-order valence-electron chi connectivity index (χ4n) is 10.6. The first-order valence-corrected chi connectivity index (χ1v) is 23.0. The largest absolute Gasteiger partial charge is 0.455 e. The standard InChI is InChI=1S/C45H56N8O7S/c1-43(2)10-8-32(37(25-43)45-28-44(3,29-45)30-45)27-51-14-16-52(17-15-51)33-4-6-36(40(23-33)60-34-22-31-9-11-47-41(31)48-26-34)42(54)49-61(57,58)35-5-7-38(39(24-35)53(55)56)46-12-13-50-18-20-59-21-19-50/h4-7,9,11,22-24,26,46H,8,10,12-21,25,27-30H2,1-3H3,(H,47,48)(H,49,54). The summed E-state index contributed by atoms with van der Waals surface area (Å²) in [4.78, 5) is 39.5. The number of morpholine rings is 1. The molecule has 2 aliphatic heterocycles. The molecule has 2 aromatic carbocycles. The first kappa shape index (κ1) is 41.3. The Hall–Kier alpha value is -5.03. The first-order valence-electron chi connectivity index (χ1n) is 21.5. The van der Waals surface area contributed by atoms with E-state index < -0.39 is 31.4 Å². The predicted octanol–water partition coefficient (Wildman–Crippen LogP) is 6.95. The molecule has 1 amide bonds. The number of hydrogen-bond acceptors (Lipinski definition) is 12. The lowest BCUT2D eigenvalue weighted by atomic mass is 9.33. The lowest BCUT2D eigenvalue weighted by molar-refractivity contribution is -0.384. The Morgan fingerprint density at radius 2 is 1.75 bits per heavy atom. The highest BCUT2D eigenvalue weighted by atomic mass is 32.2. The van der Waals surface area contributed by atoms with Crippen LogP contribution in [0, 0.1) is 26.4 Å². The maximum absolute atomic E-state index is 13.9. The normalized spacial score (nSPS) is 24.2. The van der Waals surface area contributed by atoms with E-state index in [4.69, 9.17) is 9.47 Å². The number of pyridine rings is 1. The second-order valence-corrected chi connectivity index (χ2v) is 20.6. The van der Waals surface area contributed by atoms with Gasteiger partial charge in [-0.05, 0) is 91.2 Å². The van der Waals surface area contributed by atoms with E-state index in [2.05, 4.69) is 55.5 Å². The van der Waals surface area contributed by atoms with Gasteiger partial charge in [0.05, 0.1) is 34.8 Å². The monoisotopic (exact) mass is 852 g/mol. The average Bonchev–Trinajstić information content (AvgIpc) is 3.68. The molecule has 0 spiro atoms. The number of aromatic nitrogens is 2. The van der Waals surface area contributed by atoms with Gasteiger partial charge in [0.25, 0.3) is 21.6 Å². The number of sulfonamides is 1. The highest BCUT2D eigenvalue weighted by Gasteiger charge is 2.66. The maximum Gasteiger partial charge on any atom is 0.293 e. The van der Waals surface area contributed by atoms with Crippen LogP contribution in [0.2, 0.25) is 0 Å². The van der Waals surface area contributed by atoms with Gasteiger partial charge in [-0.1, -0.05) is 31.9 Å². The number of nitrogens with one attached hydrogen (secondary N) is 3. The van der Waals surface area contributed by atoms with Gasteiger partial charge < -0.3 is 24.7 Å². The molecule has 0 unspecified atom stereocenters. The van der Waals surface area contributed by atoms with Gasteiger partial charge in [-0.15, -0.1) is 0 Å². The molecule has 2 bridgehead atoms. The zero-order valence-corrected chi connectivity index (χ0v) is 36.1. The van der Waals surface area contributed by atoms with Crippen LogP contribution in [-0.2, 0) is 14.8 Å². The van der Waals surface area contributed by atoms with Crippen LogP contribution in [0.4, 0.5) is 17.1 Å². The second-order valence-electron chi connectivity index (χ2n) is 18.9. The van der Waals surface area contributed by atoms with Gasteiger partial charge in [0, 0.05) is 88.3 Å². The number of nitro benzene ring substituents is 1. The fourth-order valence-corrected chi connectivity index (χ4v) is 11.6. The van der Waals surface area contributed by atoms with E-state index >= 15 is 0 Å². The summed E-state index contributed by atoms with van der Waals surface area (Å²) in [6, 6.07) is 12.4. The molecule has 16 heteroatoms. The smallest absolute Gasteiger partial charge is 0.293 e. The Bertz CT molecular complexity index is 2470. The van der Waals surface area contributed by atoms with Crippen LogP contribution in [-0.4, -0.2) is 111 Å². The summed E-state index contributed by atoms with van der Waals surface area (Å²) in [7, 11) is -4.54. The summed E-state index contributed by atoms with van der Waals surface area (Å²) in [5, 5.41) is 15.9. The van der Waals surface area contributed by atoms with Crippen LogP contribution < -0.4 is 19.7 Å². The molecule has 5 fully saturated rings. The van der Waals surface area contributed by atoms with Crippen molar-refractivity contribution < 1.29 is 27.6 Å². The van der Waals surface area contributed by atoms with E-state index in [9.17, 15) is 23.3 Å². The summed E-state index contributed by atoms with van der Waals surface area (Å²) in [6.45, 7) is 15.5. The van der Waals surface area contributed by atoms with Crippen molar-refractivity contribution in [3.8, 4) is 11.5 Å². The number of allylic oxidation sites excluding steroid dienone is 1. The number of amides is 1. The molecule has 61 heavy (non-hydrogen) atoms. The molecule has 15 nitrogen and oxygen atoms in total. The Kier molecular flexibility index (Phi) is 10.9. The number of aromatic amines is 1. The molecule has 3 N–H and O–H groups in total. The molecule has 6 aliphatic rings. The summed E-state index contributed by atoms with van der Waals surface area (Å²) < 4.78 is 41.2. The molecular formula is C45H56N8O7S. The van der Waals surface area contributed by atoms with E-state index in [1.807, 2.05) is 12.1 Å². The Morgan fingerprint density at radius 1 is 0.984 bits per heavy atom. The Labute approximate surface area is 357 Å². The van der Waals surface area contributed by atoms with E-state index in [0.29, 0.717) is 53.9 Å². The third kappa shape index (κ3) is 8.59. The van der Waals surface area contributed by atoms with Gasteiger partial charge in [-0.2, -0.15) is 0 Å². The van der Waals surface area contributed by atoms with Gasteiger partial charge in [-0.3, -0.25) is 24.7 Å². The molecule has 4 heterocycles. The molecule has 3 saturated carbocycles. The zero-order valence-electron chi connectivity index (χ0n) is 35.3. The van der Waals surface area contributed by atoms with Crippen molar-refractivity contribution in [3.05, 3.63) is 87.7 Å². The van der Waals surface area contributed by atoms with Gasteiger partial charge in [0.1, 0.15) is 22.8 Å². The van der Waals surface area contributed by atoms with E-state index in [1.165, 1.54) is 50.7 Å². The third-order valence-electron chi connectivity index (χ3n) is 13.6. The van der Waals surface area contributed by atoms with Crippen molar-refractivity contribution >= 4 is 44.0 Å². The molecule has 2 aromatic heterocycles. The predicted molar refractivity (Wildman–Crippen MR) is 234 cm³/mol. The molecule has 4 aliphatic carbocycles. The van der Waals surface area contributed by atoms with Crippen LogP contribution >= 0.6 is 0 Å². The number of H-pyrrole nitrogens is 1. The van der Waals surface area contributed by atoms with Crippen molar-refractivity contribution in [1.29, 1.82) is 0 Å². The zero-order chi connectivity index (χ0) is 42.6. The van der Waals surface area contributed by atoms with Gasteiger partial charge in [-0.25, -0.2) is 18.1 Å². The van der Waals surface area contributed by atoms with E-state index in [-0.39, 0.29) is 17.0 Å². The number of rotatable bonds is 14. The van der Waals surface area contributed by atoms with Crippen LogP contribution in [0.5, 0.6) is 11.5 Å². The SMILES string of the molecule is CC1(C)CCC(CN2CCN(c3ccc(C(=O)NS(=O)(=O)c4ccc(NCCN5CCOCC5)c([N+](=O)[O-])c4)c(Oc4cnc5[nH]ccc5c4)c3)CC2)=C(C23CC(C)(C2)C3)C1. The number of benzene rings is 2. The molecule has 0 radical (unpaired) electrons. The number of carbonyl (C=O) groups excluding carboxylic acids is 1. The highest BCUT2D eigenvalue weighted by molar-refractivity contribution is 7.90. The number of piperazine rings is 1. The highest BCUT2D eigenvalue weighted by Crippen LogP contribution is 2.77. The Balaban J connectivity index is 0.911. The van der Waals surface area contributed by atoms with E-state index in [0.717, 1.165) is 63.0 Å². The number of nitro groups is 1. The van der Waals surface area contributed by atoms with Crippen molar-refractivity contribution in [3.63, 3.8) is 0 Å². The van der Waals surface area contributed by atoms with Crippen LogP contribution in [0.15, 0.2) is 77.0 Å². The number of hydrogen-bond donors (Lipinski definition) is 3. The van der Waals surface area contributed by atoms with Crippen molar-refractivity contribution in [1.82, 2.24) is 24.5 Å². The van der Waals surface area contributed by atoms with Crippen molar-refractivity contribution in [2.24, 2.45) is 16.2 Å².